The lowest BCUT2D eigenvalue weighted by molar-refractivity contribution is -0.151. The second-order valence-corrected chi connectivity index (χ2v) is 16.6. The summed E-state index contributed by atoms with van der Waals surface area (Å²) in [7, 11) is 0. The quantitative estimate of drug-likeness (QED) is 0.0324. The van der Waals surface area contributed by atoms with Gasteiger partial charge in [-0.1, -0.05) is 210 Å². The number of carbonyl (C=O) groups excluding carboxylic acids is 2. The van der Waals surface area contributed by atoms with Gasteiger partial charge in [0.25, 0.3) is 0 Å². The predicted octanol–water partition coefficient (Wildman–Crippen LogP) is 14.5. The molecular formula is C52H93NO5. The van der Waals surface area contributed by atoms with Crippen molar-refractivity contribution < 1.29 is 24.5 Å². The second kappa shape index (κ2) is 45.6. The average Bonchev–Trinajstić information content (AvgIpc) is 3.22. The van der Waals surface area contributed by atoms with Crippen molar-refractivity contribution in [3.8, 4) is 0 Å². The summed E-state index contributed by atoms with van der Waals surface area (Å²) in [5.74, 6) is -0.523. The second-order valence-electron chi connectivity index (χ2n) is 16.6. The Morgan fingerprint density at radius 1 is 0.517 bits per heavy atom. The van der Waals surface area contributed by atoms with E-state index in [9.17, 15) is 19.8 Å². The van der Waals surface area contributed by atoms with Gasteiger partial charge >= 0.3 is 5.97 Å². The number of allylic oxidation sites excluding steroid dienone is 10. The first-order valence-electron chi connectivity index (χ1n) is 24.6. The minimum atomic E-state index is -0.799. The van der Waals surface area contributed by atoms with Gasteiger partial charge in [-0.05, 0) is 70.6 Å². The van der Waals surface area contributed by atoms with Gasteiger partial charge in [-0.15, -0.1) is 0 Å². The molecule has 0 aliphatic heterocycles. The van der Waals surface area contributed by atoms with Crippen LogP contribution in [0.15, 0.2) is 60.8 Å². The van der Waals surface area contributed by atoms with Crippen molar-refractivity contribution >= 4 is 11.9 Å². The first-order valence-corrected chi connectivity index (χ1v) is 24.6. The lowest BCUT2D eigenvalue weighted by Gasteiger charge is -2.24. The van der Waals surface area contributed by atoms with Gasteiger partial charge in [0.15, 0.2) is 0 Å². The van der Waals surface area contributed by atoms with E-state index in [0.29, 0.717) is 19.3 Å². The van der Waals surface area contributed by atoms with Crippen LogP contribution >= 0.6 is 0 Å². The van der Waals surface area contributed by atoms with Gasteiger partial charge in [0, 0.05) is 6.42 Å². The molecular weight excluding hydrogens is 719 g/mol. The third kappa shape index (κ3) is 40.3. The first-order chi connectivity index (χ1) is 28.5. The Labute approximate surface area is 358 Å². The Morgan fingerprint density at radius 2 is 0.931 bits per heavy atom. The maximum Gasteiger partial charge on any atom is 0.306 e. The maximum atomic E-state index is 13.2. The molecule has 0 radical (unpaired) electrons. The Bertz CT molecular complexity index is 1050. The Balaban J connectivity index is 4.60. The molecule has 3 atom stereocenters. The molecule has 0 spiro atoms. The van der Waals surface area contributed by atoms with Gasteiger partial charge in [0.05, 0.1) is 25.2 Å². The summed E-state index contributed by atoms with van der Waals surface area (Å²) in [5, 5.41) is 23.7. The monoisotopic (exact) mass is 812 g/mol. The fraction of sp³-hybridized carbons (Fsp3) is 0.769. The van der Waals surface area contributed by atoms with Crippen LogP contribution < -0.4 is 5.32 Å². The van der Waals surface area contributed by atoms with Gasteiger partial charge in [0.1, 0.15) is 6.10 Å². The molecule has 0 aliphatic carbocycles. The molecule has 1 amide bonds. The van der Waals surface area contributed by atoms with Crippen molar-refractivity contribution in [2.45, 2.75) is 251 Å². The van der Waals surface area contributed by atoms with Crippen molar-refractivity contribution in [1.29, 1.82) is 0 Å². The fourth-order valence-corrected chi connectivity index (χ4v) is 7.19. The van der Waals surface area contributed by atoms with Crippen molar-refractivity contribution in [2.24, 2.45) is 0 Å². The summed E-state index contributed by atoms with van der Waals surface area (Å²) in [6, 6.07) is -0.715. The number of hydrogen-bond donors (Lipinski definition) is 3. The van der Waals surface area contributed by atoms with E-state index in [-0.39, 0.29) is 24.9 Å². The van der Waals surface area contributed by atoms with Crippen LogP contribution in [0, 0.1) is 0 Å². The molecule has 6 heteroatoms. The van der Waals surface area contributed by atoms with Crippen molar-refractivity contribution in [3.63, 3.8) is 0 Å². The van der Waals surface area contributed by atoms with Gasteiger partial charge < -0.3 is 20.3 Å². The van der Waals surface area contributed by atoms with E-state index in [2.05, 4.69) is 74.7 Å². The molecule has 0 aromatic rings. The number of hydrogen-bond acceptors (Lipinski definition) is 5. The zero-order chi connectivity index (χ0) is 42.4. The fourth-order valence-electron chi connectivity index (χ4n) is 7.19. The van der Waals surface area contributed by atoms with E-state index in [4.69, 9.17) is 4.74 Å². The molecule has 0 rings (SSSR count). The highest BCUT2D eigenvalue weighted by atomic mass is 16.5. The minimum Gasteiger partial charge on any atom is -0.462 e. The van der Waals surface area contributed by atoms with Crippen LogP contribution in [-0.4, -0.2) is 46.9 Å². The van der Waals surface area contributed by atoms with Gasteiger partial charge in [-0.25, -0.2) is 0 Å². The van der Waals surface area contributed by atoms with Crippen molar-refractivity contribution in [1.82, 2.24) is 5.32 Å². The van der Waals surface area contributed by atoms with Gasteiger partial charge in [0.2, 0.25) is 5.91 Å². The number of esters is 1. The van der Waals surface area contributed by atoms with E-state index in [1.54, 1.807) is 0 Å². The zero-order valence-corrected chi connectivity index (χ0v) is 38.2. The summed E-state index contributed by atoms with van der Waals surface area (Å²) in [5.41, 5.74) is 0. The van der Waals surface area contributed by atoms with Crippen LogP contribution in [0.5, 0.6) is 0 Å². The molecule has 0 aromatic carbocycles. The predicted molar refractivity (Wildman–Crippen MR) is 250 cm³/mol. The Hall–Kier alpha value is -2.44. The SMILES string of the molecule is CC/C=C/C=C/C=C\CCCCCC(CC(=O)NC(CO)C(O)CCCCCCCCCCCCCCC)OC(=O)CCCCCCCC/C=C/C=C/CCCCC. The number of nitrogens with one attached hydrogen (secondary N) is 1. The van der Waals surface area contributed by atoms with E-state index in [1.165, 1.54) is 109 Å². The summed E-state index contributed by atoms with van der Waals surface area (Å²) in [6.45, 7) is 6.30. The molecule has 3 unspecified atom stereocenters. The normalized spacial score (nSPS) is 13.8. The topological polar surface area (TPSA) is 95.9 Å². The maximum absolute atomic E-state index is 13.2. The van der Waals surface area contributed by atoms with Crippen molar-refractivity contribution in [2.75, 3.05) is 6.61 Å². The summed E-state index contributed by atoms with van der Waals surface area (Å²) in [6.07, 6.45) is 55.6. The van der Waals surface area contributed by atoms with E-state index in [1.807, 2.05) is 12.2 Å². The number of ether oxygens (including phenoxy) is 1. The molecule has 0 heterocycles. The molecule has 0 saturated carbocycles. The summed E-state index contributed by atoms with van der Waals surface area (Å²) in [4.78, 5) is 26.0. The van der Waals surface area contributed by atoms with E-state index in [0.717, 1.165) is 77.0 Å². The zero-order valence-electron chi connectivity index (χ0n) is 38.2. The molecule has 0 saturated heterocycles. The van der Waals surface area contributed by atoms with Crippen LogP contribution in [0.3, 0.4) is 0 Å². The average molecular weight is 812 g/mol. The van der Waals surface area contributed by atoms with Crippen LogP contribution in [0.2, 0.25) is 0 Å². The largest absolute Gasteiger partial charge is 0.462 e. The Morgan fingerprint density at radius 3 is 1.47 bits per heavy atom. The van der Waals surface area contributed by atoms with E-state index >= 15 is 0 Å². The first kappa shape index (κ1) is 55.6. The highest BCUT2D eigenvalue weighted by Crippen LogP contribution is 2.17. The molecule has 0 aliphatic rings. The number of amides is 1. The molecule has 3 N–H and O–H groups in total. The number of unbranched alkanes of at least 4 members (excludes halogenated alkanes) is 24. The lowest BCUT2D eigenvalue weighted by atomic mass is 10.0. The number of aliphatic hydroxyl groups excluding tert-OH is 2. The minimum absolute atomic E-state index is 0.0484. The third-order valence-corrected chi connectivity index (χ3v) is 10.9. The smallest absolute Gasteiger partial charge is 0.306 e. The summed E-state index contributed by atoms with van der Waals surface area (Å²) >= 11 is 0. The summed E-state index contributed by atoms with van der Waals surface area (Å²) < 4.78 is 5.89. The van der Waals surface area contributed by atoms with Crippen LogP contribution in [0.25, 0.3) is 0 Å². The number of carbonyl (C=O) groups is 2. The molecule has 58 heavy (non-hydrogen) atoms. The van der Waals surface area contributed by atoms with Crippen LogP contribution in [0.4, 0.5) is 0 Å². The van der Waals surface area contributed by atoms with Crippen LogP contribution in [-0.2, 0) is 14.3 Å². The van der Waals surface area contributed by atoms with E-state index < -0.39 is 18.2 Å². The van der Waals surface area contributed by atoms with Gasteiger partial charge in [-0.2, -0.15) is 0 Å². The highest BCUT2D eigenvalue weighted by molar-refractivity contribution is 5.77. The molecule has 336 valence electrons. The van der Waals surface area contributed by atoms with Gasteiger partial charge in [-0.3, -0.25) is 9.59 Å². The molecule has 0 bridgehead atoms. The lowest BCUT2D eigenvalue weighted by Crippen LogP contribution is -2.46. The number of rotatable bonds is 43. The molecule has 6 nitrogen and oxygen atoms in total. The molecule has 0 aromatic heterocycles. The Kier molecular flexibility index (Phi) is 43.7. The number of aliphatic hydroxyl groups is 2. The van der Waals surface area contributed by atoms with Crippen molar-refractivity contribution in [3.05, 3.63) is 60.8 Å². The third-order valence-electron chi connectivity index (χ3n) is 10.9. The molecule has 0 fully saturated rings. The van der Waals surface area contributed by atoms with Crippen LogP contribution in [0.1, 0.15) is 233 Å². The standard InChI is InChI=1S/C52H93NO5/c1-4-7-10-13-16-19-22-24-25-27-30-33-36-39-42-45-52(57)58-48(43-40-37-34-31-28-21-18-15-12-9-6-3)46-51(56)53-49(47-54)50(55)44-41-38-35-32-29-26-23-20-17-14-11-8-5-2/h9,12,15-16,18-19,21-22,24,28,48-50,54-55H,4-8,10-11,13-14,17,20,23,25-27,29-47H2,1-3H3,(H,53,56)/b12-9+,18-15+,19-16+,24-22+,28-21-. The highest BCUT2D eigenvalue weighted by Gasteiger charge is 2.24.